The standard InChI is InChI=1S/C17H28N2O/c1-4-6-14-9-11-19(12-10-14)15-7-5-8-16(20-3)17(15)13(2)18/h5,7-8,13-14H,4,6,9-12,18H2,1-3H3. The molecule has 20 heavy (non-hydrogen) atoms. The first-order valence-corrected chi connectivity index (χ1v) is 7.84. The van der Waals surface area contributed by atoms with E-state index >= 15 is 0 Å². The molecular formula is C17H28N2O. The van der Waals surface area contributed by atoms with Gasteiger partial charge < -0.3 is 15.4 Å². The van der Waals surface area contributed by atoms with Gasteiger partial charge in [0.15, 0.2) is 0 Å². The van der Waals surface area contributed by atoms with Crippen LogP contribution in [0.4, 0.5) is 5.69 Å². The maximum atomic E-state index is 6.17. The molecule has 0 aromatic heterocycles. The van der Waals surface area contributed by atoms with Crippen molar-refractivity contribution in [3.8, 4) is 5.75 Å². The van der Waals surface area contributed by atoms with Crippen molar-refractivity contribution in [2.45, 2.75) is 45.6 Å². The Morgan fingerprint density at radius 2 is 2.05 bits per heavy atom. The number of nitrogens with zero attached hydrogens (tertiary/aromatic N) is 1. The number of benzene rings is 1. The van der Waals surface area contributed by atoms with Gasteiger partial charge in [0.1, 0.15) is 5.75 Å². The molecule has 2 N–H and O–H groups in total. The lowest BCUT2D eigenvalue weighted by molar-refractivity contribution is 0.376. The molecule has 1 aliphatic rings. The van der Waals surface area contributed by atoms with Gasteiger partial charge >= 0.3 is 0 Å². The van der Waals surface area contributed by atoms with Crippen LogP contribution in [0.3, 0.4) is 0 Å². The second kappa shape index (κ2) is 6.98. The van der Waals surface area contributed by atoms with Crippen LogP contribution in [-0.4, -0.2) is 20.2 Å². The van der Waals surface area contributed by atoms with E-state index in [1.54, 1.807) is 7.11 Å². The van der Waals surface area contributed by atoms with Gasteiger partial charge in [0.05, 0.1) is 7.11 Å². The molecular weight excluding hydrogens is 248 g/mol. The number of hydrogen-bond donors (Lipinski definition) is 1. The van der Waals surface area contributed by atoms with Crippen molar-refractivity contribution in [2.75, 3.05) is 25.1 Å². The van der Waals surface area contributed by atoms with Gasteiger partial charge in [0.2, 0.25) is 0 Å². The summed E-state index contributed by atoms with van der Waals surface area (Å²) in [4.78, 5) is 2.48. The molecule has 2 rings (SSSR count). The van der Waals surface area contributed by atoms with Gasteiger partial charge in [-0.15, -0.1) is 0 Å². The van der Waals surface area contributed by atoms with Gasteiger partial charge in [-0.3, -0.25) is 0 Å². The summed E-state index contributed by atoms with van der Waals surface area (Å²) in [6.45, 7) is 6.59. The zero-order valence-corrected chi connectivity index (χ0v) is 13.1. The molecule has 1 aromatic rings. The van der Waals surface area contributed by atoms with Crippen LogP contribution in [0.15, 0.2) is 18.2 Å². The quantitative estimate of drug-likeness (QED) is 0.890. The predicted molar refractivity (Wildman–Crippen MR) is 85.4 cm³/mol. The minimum absolute atomic E-state index is 0.00508. The molecule has 1 saturated heterocycles. The van der Waals surface area contributed by atoms with Crippen molar-refractivity contribution in [3.63, 3.8) is 0 Å². The SMILES string of the molecule is CCCC1CCN(c2cccc(OC)c2C(C)N)CC1. The van der Waals surface area contributed by atoms with Crippen LogP contribution in [0.2, 0.25) is 0 Å². The van der Waals surface area contributed by atoms with E-state index in [1.807, 2.05) is 13.0 Å². The van der Waals surface area contributed by atoms with Gasteiger partial charge in [-0.1, -0.05) is 25.8 Å². The van der Waals surface area contributed by atoms with Crippen molar-refractivity contribution in [1.29, 1.82) is 0 Å². The Morgan fingerprint density at radius 1 is 1.35 bits per heavy atom. The maximum absolute atomic E-state index is 6.17. The van der Waals surface area contributed by atoms with Crippen molar-refractivity contribution in [2.24, 2.45) is 11.7 Å². The van der Waals surface area contributed by atoms with E-state index in [1.165, 1.54) is 31.4 Å². The van der Waals surface area contributed by atoms with E-state index in [9.17, 15) is 0 Å². The molecule has 3 nitrogen and oxygen atoms in total. The molecule has 1 fully saturated rings. The van der Waals surface area contributed by atoms with E-state index in [0.717, 1.165) is 30.3 Å². The van der Waals surface area contributed by atoms with Crippen molar-refractivity contribution >= 4 is 5.69 Å². The molecule has 1 aliphatic heterocycles. The van der Waals surface area contributed by atoms with Gasteiger partial charge in [-0.25, -0.2) is 0 Å². The molecule has 112 valence electrons. The molecule has 1 heterocycles. The van der Waals surface area contributed by atoms with E-state index in [-0.39, 0.29) is 6.04 Å². The Labute approximate surface area is 123 Å². The number of methoxy groups -OCH3 is 1. The highest BCUT2D eigenvalue weighted by molar-refractivity contribution is 5.61. The lowest BCUT2D eigenvalue weighted by Crippen LogP contribution is -2.34. The number of nitrogens with two attached hydrogens (primary N) is 1. The van der Waals surface area contributed by atoms with Gasteiger partial charge in [-0.05, 0) is 37.8 Å². The Hall–Kier alpha value is -1.22. The molecule has 0 bridgehead atoms. The Bertz CT molecular complexity index is 423. The van der Waals surface area contributed by atoms with Crippen molar-refractivity contribution in [3.05, 3.63) is 23.8 Å². The minimum Gasteiger partial charge on any atom is -0.496 e. The summed E-state index contributed by atoms with van der Waals surface area (Å²) in [7, 11) is 1.72. The first-order valence-electron chi connectivity index (χ1n) is 7.84. The van der Waals surface area contributed by atoms with Crippen LogP contribution in [0, 0.1) is 5.92 Å². The van der Waals surface area contributed by atoms with Crippen LogP contribution in [0.5, 0.6) is 5.75 Å². The summed E-state index contributed by atoms with van der Waals surface area (Å²) in [5, 5.41) is 0. The summed E-state index contributed by atoms with van der Waals surface area (Å²) < 4.78 is 5.49. The van der Waals surface area contributed by atoms with E-state index in [4.69, 9.17) is 10.5 Å². The minimum atomic E-state index is -0.00508. The smallest absolute Gasteiger partial charge is 0.125 e. The van der Waals surface area contributed by atoms with E-state index in [2.05, 4.69) is 24.0 Å². The first-order chi connectivity index (χ1) is 9.67. The van der Waals surface area contributed by atoms with E-state index < -0.39 is 0 Å². The van der Waals surface area contributed by atoms with Crippen LogP contribution >= 0.6 is 0 Å². The number of anilines is 1. The van der Waals surface area contributed by atoms with Gasteiger partial charge in [0.25, 0.3) is 0 Å². The summed E-state index contributed by atoms with van der Waals surface area (Å²) in [6, 6.07) is 6.25. The summed E-state index contributed by atoms with van der Waals surface area (Å²) >= 11 is 0. The molecule has 3 heteroatoms. The lowest BCUT2D eigenvalue weighted by Gasteiger charge is -2.35. The number of hydrogen-bond acceptors (Lipinski definition) is 3. The van der Waals surface area contributed by atoms with Crippen LogP contribution in [-0.2, 0) is 0 Å². The summed E-state index contributed by atoms with van der Waals surface area (Å²) in [5.74, 6) is 1.81. The monoisotopic (exact) mass is 276 g/mol. The molecule has 0 amide bonds. The largest absolute Gasteiger partial charge is 0.496 e. The molecule has 1 aromatic carbocycles. The molecule has 1 atom stereocenters. The highest BCUT2D eigenvalue weighted by Gasteiger charge is 2.23. The number of piperidine rings is 1. The first kappa shape index (κ1) is 15.2. The van der Waals surface area contributed by atoms with Crippen LogP contribution in [0.1, 0.15) is 51.1 Å². The average Bonchev–Trinajstić information content (AvgIpc) is 2.47. The third kappa shape index (κ3) is 3.26. The van der Waals surface area contributed by atoms with Crippen LogP contribution < -0.4 is 15.4 Å². The fraction of sp³-hybridized carbons (Fsp3) is 0.647. The van der Waals surface area contributed by atoms with Crippen molar-refractivity contribution < 1.29 is 4.74 Å². The zero-order chi connectivity index (χ0) is 14.5. The third-order valence-corrected chi connectivity index (χ3v) is 4.37. The Kier molecular flexibility index (Phi) is 5.30. The maximum Gasteiger partial charge on any atom is 0.125 e. The highest BCUT2D eigenvalue weighted by atomic mass is 16.5. The summed E-state index contributed by atoms with van der Waals surface area (Å²) in [6.07, 6.45) is 5.26. The Balaban J connectivity index is 2.17. The summed E-state index contributed by atoms with van der Waals surface area (Å²) in [5.41, 5.74) is 8.57. The van der Waals surface area contributed by atoms with Gasteiger partial charge in [-0.2, -0.15) is 0 Å². The lowest BCUT2D eigenvalue weighted by atomic mass is 9.91. The van der Waals surface area contributed by atoms with Crippen LogP contribution in [0.25, 0.3) is 0 Å². The molecule has 0 radical (unpaired) electrons. The normalized spacial score (nSPS) is 18.1. The van der Waals surface area contributed by atoms with Gasteiger partial charge in [0, 0.05) is 30.4 Å². The molecule has 1 unspecified atom stereocenters. The molecule has 0 aliphatic carbocycles. The van der Waals surface area contributed by atoms with Crippen molar-refractivity contribution in [1.82, 2.24) is 0 Å². The highest BCUT2D eigenvalue weighted by Crippen LogP contribution is 2.35. The fourth-order valence-electron chi connectivity index (χ4n) is 3.31. The predicted octanol–water partition coefficient (Wildman–Crippen LogP) is 3.73. The fourth-order valence-corrected chi connectivity index (χ4v) is 3.31. The second-order valence-corrected chi connectivity index (χ2v) is 5.90. The average molecular weight is 276 g/mol. The molecule has 0 saturated carbocycles. The topological polar surface area (TPSA) is 38.5 Å². The number of ether oxygens (including phenoxy) is 1. The second-order valence-electron chi connectivity index (χ2n) is 5.90. The zero-order valence-electron chi connectivity index (χ0n) is 13.1. The number of rotatable bonds is 5. The van der Waals surface area contributed by atoms with E-state index in [0.29, 0.717) is 0 Å². The Morgan fingerprint density at radius 3 is 2.60 bits per heavy atom. The molecule has 0 spiro atoms. The third-order valence-electron chi connectivity index (χ3n) is 4.37.